The smallest absolute Gasteiger partial charge is 0.165 e. The summed E-state index contributed by atoms with van der Waals surface area (Å²) in [7, 11) is 1.67. The van der Waals surface area contributed by atoms with Gasteiger partial charge in [0.1, 0.15) is 5.75 Å². The molecule has 0 unspecified atom stereocenters. The maximum atomic E-state index is 10.2. The maximum Gasteiger partial charge on any atom is 0.165 e. The molecule has 35 heavy (non-hydrogen) atoms. The summed E-state index contributed by atoms with van der Waals surface area (Å²) in [4.78, 5) is 9.69. The van der Waals surface area contributed by atoms with E-state index in [9.17, 15) is 5.11 Å². The third kappa shape index (κ3) is 3.55. The molecule has 6 rings (SSSR count). The Labute approximate surface area is 203 Å². The quantitative estimate of drug-likeness (QED) is 0.402. The standard InChI is InChI=1S/C28H27N5O2/c1-17-12-24-30-14-19-13-22(21-6-4-5-7-23(21)35-3)25(31-26(19)33(24)32-17)18-8-10-20(11-9-18)28(29)15-27(2,34)16-28/h4-14,34H,15-16,29H2,1-3H3/t27-,28+. The lowest BCUT2D eigenvalue weighted by atomic mass is 9.63. The molecule has 1 aliphatic rings. The van der Waals surface area contributed by atoms with E-state index in [0.717, 1.165) is 56.1 Å². The van der Waals surface area contributed by atoms with Crippen molar-refractivity contribution < 1.29 is 9.84 Å². The number of nitrogens with zero attached hydrogens (tertiary/aromatic N) is 4. The monoisotopic (exact) mass is 465 g/mol. The number of ether oxygens (including phenoxy) is 1. The van der Waals surface area contributed by atoms with Crippen LogP contribution < -0.4 is 10.5 Å². The number of benzene rings is 2. The lowest BCUT2D eigenvalue weighted by Crippen LogP contribution is -2.58. The molecular formula is C28H27N5O2. The number of hydrogen-bond acceptors (Lipinski definition) is 6. The minimum absolute atomic E-state index is 0.505. The zero-order valence-electron chi connectivity index (χ0n) is 20.0. The topological polar surface area (TPSA) is 98.6 Å². The van der Waals surface area contributed by atoms with Crippen molar-refractivity contribution in [3.8, 4) is 28.1 Å². The zero-order valence-corrected chi connectivity index (χ0v) is 20.0. The van der Waals surface area contributed by atoms with E-state index >= 15 is 0 Å². The predicted molar refractivity (Wildman–Crippen MR) is 136 cm³/mol. The van der Waals surface area contributed by atoms with Crippen molar-refractivity contribution in [2.75, 3.05) is 7.11 Å². The molecule has 0 atom stereocenters. The summed E-state index contributed by atoms with van der Waals surface area (Å²) < 4.78 is 7.47. The summed E-state index contributed by atoms with van der Waals surface area (Å²) in [6.07, 6.45) is 2.93. The zero-order chi connectivity index (χ0) is 24.4. The van der Waals surface area contributed by atoms with Crippen LogP contribution in [0.1, 0.15) is 31.0 Å². The molecule has 0 bridgehead atoms. The minimum Gasteiger partial charge on any atom is -0.496 e. The Morgan fingerprint density at radius 3 is 2.49 bits per heavy atom. The summed E-state index contributed by atoms with van der Waals surface area (Å²) in [6.45, 7) is 3.78. The van der Waals surface area contributed by atoms with Gasteiger partial charge in [-0.05, 0) is 44.4 Å². The first-order valence-corrected chi connectivity index (χ1v) is 11.7. The SMILES string of the molecule is COc1ccccc1-c1cc2cnc3cc(C)nn3c2nc1-c1ccc([C@]2(N)C[C@@](C)(O)C2)cc1. The molecule has 176 valence electrons. The molecule has 3 aromatic heterocycles. The maximum absolute atomic E-state index is 10.2. The fourth-order valence-corrected chi connectivity index (χ4v) is 5.42. The van der Waals surface area contributed by atoms with Gasteiger partial charge < -0.3 is 15.6 Å². The Balaban J connectivity index is 1.56. The molecule has 5 aromatic rings. The van der Waals surface area contributed by atoms with E-state index in [4.69, 9.17) is 15.5 Å². The van der Waals surface area contributed by atoms with Crippen molar-refractivity contribution in [1.29, 1.82) is 0 Å². The Hall–Kier alpha value is -3.81. The van der Waals surface area contributed by atoms with Gasteiger partial charge in [0.05, 0.1) is 24.1 Å². The predicted octanol–water partition coefficient (Wildman–Crippen LogP) is 4.63. The van der Waals surface area contributed by atoms with Gasteiger partial charge in [-0.2, -0.15) is 9.61 Å². The van der Waals surface area contributed by atoms with Gasteiger partial charge in [0.2, 0.25) is 0 Å². The van der Waals surface area contributed by atoms with Crippen molar-refractivity contribution in [2.45, 2.75) is 37.8 Å². The van der Waals surface area contributed by atoms with Crippen LogP contribution in [0.4, 0.5) is 0 Å². The number of aliphatic hydroxyl groups is 1. The number of hydrogen-bond donors (Lipinski definition) is 2. The van der Waals surface area contributed by atoms with Gasteiger partial charge in [-0.1, -0.05) is 42.5 Å². The summed E-state index contributed by atoms with van der Waals surface area (Å²) in [6, 6.07) is 20.2. The van der Waals surface area contributed by atoms with Crippen LogP contribution in [0, 0.1) is 6.92 Å². The number of aromatic nitrogens is 4. The summed E-state index contributed by atoms with van der Waals surface area (Å²) >= 11 is 0. The first kappa shape index (κ1) is 21.7. The van der Waals surface area contributed by atoms with Crippen LogP contribution in [-0.2, 0) is 5.54 Å². The first-order chi connectivity index (χ1) is 16.8. The van der Waals surface area contributed by atoms with E-state index < -0.39 is 11.1 Å². The highest BCUT2D eigenvalue weighted by Crippen LogP contribution is 2.46. The third-order valence-electron chi connectivity index (χ3n) is 6.90. The lowest BCUT2D eigenvalue weighted by Gasteiger charge is -2.49. The van der Waals surface area contributed by atoms with Crippen LogP contribution in [0.2, 0.25) is 0 Å². The van der Waals surface area contributed by atoms with E-state index in [0.29, 0.717) is 12.8 Å². The highest BCUT2D eigenvalue weighted by Gasteiger charge is 2.49. The summed E-state index contributed by atoms with van der Waals surface area (Å²) in [5.41, 5.74) is 12.4. The fourth-order valence-electron chi connectivity index (χ4n) is 5.42. The van der Waals surface area contributed by atoms with Gasteiger partial charge in [-0.25, -0.2) is 9.97 Å². The number of pyridine rings is 1. The Bertz CT molecular complexity index is 1580. The number of aryl methyl sites for hydroxylation is 1. The number of para-hydroxylation sites is 1. The van der Waals surface area contributed by atoms with Crippen molar-refractivity contribution in [3.63, 3.8) is 0 Å². The molecule has 0 radical (unpaired) electrons. The van der Waals surface area contributed by atoms with Gasteiger partial charge in [0.15, 0.2) is 11.3 Å². The third-order valence-corrected chi connectivity index (χ3v) is 6.90. The highest BCUT2D eigenvalue weighted by atomic mass is 16.5. The largest absolute Gasteiger partial charge is 0.496 e. The Kier molecular flexibility index (Phi) is 4.71. The van der Waals surface area contributed by atoms with E-state index in [1.807, 2.05) is 62.5 Å². The number of rotatable bonds is 4. The van der Waals surface area contributed by atoms with E-state index in [1.54, 1.807) is 11.6 Å². The van der Waals surface area contributed by atoms with E-state index in [-0.39, 0.29) is 0 Å². The molecular weight excluding hydrogens is 438 g/mol. The van der Waals surface area contributed by atoms with Crippen molar-refractivity contribution in [2.24, 2.45) is 5.73 Å². The van der Waals surface area contributed by atoms with Crippen LogP contribution >= 0.6 is 0 Å². The van der Waals surface area contributed by atoms with Crippen molar-refractivity contribution >= 4 is 16.7 Å². The highest BCUT2D eigenvalue weighted by molar-refractivity contribution is 5.92. The van der Waals surface area contributed by atoms with Gasteiger partial charge >= 0.3 is 0 Å². The van der Waals surface area contributed by atoms with Crippen LogP contribution in [0.25, 0.3) is 39.1 Å². The number of fused-ring (bicyclic) bond motifs is 3. The molecule has 7 nitrogen and oxygen atoms in total. The van der Waals surface area contributed by atoms with E-state index in [1.165, 1.54) is 0 Å². The molecule has 3 N–H and O–H groups in total. The molecule has 3 heterocycles. The van der Waals surface area contributed by atoms with Gasteiger partial charge in [-0.15, -0.1) is 0 Å². The molecule has 2 aromatic carbocycles. The second kappa shape index (κ2) is 7.60. The number of methoxy groups -OCH3 is 1. The molecule has 1 saturated carbocycles. The molecule has 0 saturated heterocycles. The van der Waals surface area contributed by atoms with Gasteiger partial charge in [-0.3, -0.25) is 0 Å². The lowest BCUT2D eigenvalue weighted by molar-refractivity contribution is -0.0738. The second-order valence-electron chi connectivity index (χ2n) is 9.90. The Morgan fingerprint density at radius 1 is 1.03 bits per heavy atom. The minimum atomic E-state index is -0.703. The van der Waals surface area contributed by atoms with E-state index in [2.05, 4.69) is 28.3 Å². The van der Waals surface area contributed by atoms with Crippen LogP contribution in [0.3, 0.4) is 0 Å². The molecule has 1 fully saturated rings. The van der Waals surface area contributed by atoms with Gasteiger partial charge in [0, 0.05) is 39.9 Å². The Morgan fingerprint density at radius 2 is 1.77 bits per heavy atom. The average Bonchev–Trinajstić information content (AvgIpc) is 3.22. The fraction of sp³-hybridized carbons (Fsp3) is 0.250. The van der Waals surface area contributed by atoms with Gasteiger partial charge in [0.25, 0.3) is 0 Å². The van der Waals surface area contributed by atoms with Crippen LogP contribution in [-0.4, -0.2) is 37.4 Å². The molecule has 1 aliphatic carbocycles. The molecule has 0 amide bonds. The van der Waals surface area contributed by atoms with Crippen molar-refractivity contribution in [1.82, 2.24) is 19.6 Å². The average molecular weight is 466 g/mol. The second-order valence-corrected chi connectivity index (χ2v) is 9.90. The van der Waals surface area contributed by atoms with Crippen LogP contribution in [0.15, 0.2) is 66.9 Å². The molecule has 7 heteroatoms. The first-order valence-electron chi connectivity index (χ1n) is 11.7. The molecule has 0 aliphatic heterocycles. The normalized spacial score (nSPS) is 21.9. The summed E-state index contributed by atoms with van der Waals surface area (Å²) in [5.74, 6) is 0.771. The van der Waals surface area contributed by atoms with Crippen LogP contribution in [0.5, 0.6) is 5.75 Å². The number of nitrogens with two attached hydrogens (primary N) is 1. The summed E-state index contributed by atoms with van der Waals surface area (Å²) in [5, 5.41) is 15.7. The molecule has 0 spiro atoms. The van der Waals surface area contributed by atoms with Crippen molar-refractivity contribution in [3.05, 3.63) is 78.1 Å².